The first-order valence-corrected chi connectivity index (χ1v) is 3.76. The summed E-state index contributed by atoms with van der Waals surface area (Å²) in [5, 5.41) is 0. The molecular formula is C9H12FNO. The van der Waals surface area contributed by atoms with Gasteiger partial charge in [0, 0.05) is 6.54 Å². The van der Waals surface area contributed by atoms with Crippen molar-refractivity contribution in [2.24, 2.45) is 5.73 Å². The van der Waals surface area contributed by atoms with Gasteiger partial charge in [0.15, 0.2) is 0 Å². The molecule has 0 radical (unpaired) electrons. The van der Waals surface area contributed by atoms with Crippen molar-refractivity contribution in [2.45, 2.75) is 6.17 Å². The second-order valence-electron chi connectivity index (χ2n) is 2.48. The Bertz CT molecular complexity index is 252. The maximum atomic E-state index is 13.0. The Hall–Kier alpha value is -1.09. The van der Waals surface area contributed by atoms with E-state index in [0.717, 1.165) is 0 Å². The summed E-state index contributed by atoms with van der Waals surface area (Å²) in [6.45, 7) is 0.00711. The zero-order valence-corrected chi connectivity index (χ0v) is 6.96. The molecule has 1 rings (SSSR count). The number of rotatable bonds is 3. The molecule has 0 saturated carbocycles. The van der Waals surface area contributed by atoms with Gasteiger partial charge in [-0.15, -0.1) is 0 Å². The molecule has 1 aromatic rings. The molecule has 66 valence electrons. The fraction of sp³-hybridized carbons (Fsp3) is 0.333. The highest BCUT2D eigenvalue weighted by molar-refractivity contribution is 5.29. The molecule has 0 aliphatic rings. The van der Waals surface area contributed by atoms with Crippen molar-refractivity contribution in [2.75, 3.05) is 13.7 Å². The van der Waals surface area contributed by atoms with Crippen molar-refractivity contribution in [3.05, 3.63) is 29.8 Å². The Morgan fingerprint density at radius 1 is 1.58 bits per heavy atom. The van der Waals surface area contributed by atoms with Gasteiger partial charge in [0.05, 0.1) is 7.11 Å². The van der Waals surface area contributed by atoms with Crippen LogP contribution in [0.5, 0.6) is 5.75 Å². The van der Waals surface area contributed by atoms with E-state index in [1.54, 1.807) is 31.4 Å². The van der Waals surface area contributed by atoms with E-state index in [2.05, 4.69) is 0 Å². The van der Waals surface area contributed by atoms with Gasteiger partial charge in [-0.05, 0) is 17.7 Å². The maximum absolute atomic E-state index is 13.0. The van der Waals surface area contributed by atoms with Gasteiger partial charge in [0.1, 0.15) is 11.9 Å². The van der Waals surface area contributed by atoms with Crippen LogP contribution in [-0.4, -0.2) is 13.7 Å². The number of alkyl halides is 1. The molecule has 2 nitrogen and oxygen atoms in total. The third-order valence-corrected chi connectivity index (χ3v) is 1.66. The van der Waals surface area contributed by atoms with Crippen LogP contribution < -0.4 is 10.5 Å². The normalized spacial score (nSPS) is 12.6. The largest absolute Gasteiger partial charge is 0.497 e. The molecule has 0 unspecified atom stereocenters. The molecule has 1 aromatic carbocycles. The lowest BCUT2D eigenvalue weighted by Gasteiger charge is -2.06. The first-order chi connectivity index (χ1) is 5.77. The van der Waals surface area contributed by atoms with Crippen molar-refractivity contribution in [3.8, 4) is 5.75 Å². The van der Waals surface area contributed by atoms with Gasteiger partial charge in [0.25, 0.3) is 0 Å². The number of methoxy groups -OCH3 is 1. The van der Waals surface area contributed by atoms with Crippen LogP contribution in [0, 0.1) is 0 Å². The average molecular weight is 169 g/mol. The van der Waals surface area contributed by atoms with Gasteiger partial charge < -0.3 is 10.5 Å². The lowest BCUT2D eigenvalue weighted by atomic mass is 10.1. The third-order valence-electron chi connectivity index (χ3n) is 1.66. The van der Waals surface area contributed by atoms with E-state index in [1.807, 2.05) is 0 Å². The van der Waals surface area contributed by atoms with Crippen LogP contribution in [0.4, 0.5) is 4.39 Å². The van der Waals surface area contributed by atoms with E-state index in [4.69, 9.17) is 10.5 Å². The highest BCUT2D eigenvalue weighted by Gasteiger charge is 2.06. The van der Waals surface area contributed by atoms with Crippen LogP contribution in [0.1, 0.15) is 11.7 Å². The summed E-state index contributed by atoms with van der Waals surface area (Å²) in [6.07, 6.45) is -1.10. The van der Waals surface area contributed by atoms with Crippen molar-refractivity contribution in [3.63, 3.8) is 0 Å². The van der Waals surface area contributed by atoms with E-state index in [9.17, 15) is 4.39 Å². The van der Waals surface area contributed by atoms with Crippen LogP contribution in [0.2, 0.25) is 0 Å². The second kappa shape index (κ2) is 4.07. The minimum Gasteiger partial charge on any atom is -0.497 e. The molecule has 0 heterocycles. The van der Waals surface area contributed by atoms with E-state index in [-0.39, 0.29) is 6.54 Å². The lowest BCUT2D eigenvalue weighted by molar-refractivity contribution is 0.350. The molecule has 0 saturated heterocycles. The first-order valence-electron chi connectivity index (χ1n) is 3.76. The Morgan fingerprint density at radius 3 is 2.92 bits per heavy atom. The summed E-state index contributed by atoms with van der Waals surface area (Å²) in [5.41, 5.74) is 5.75. The van der Waals surface area contributed by atoms with Gasteiger partial charge >= 0.3 is 0 Å². The Balaban J connectivity index is 2.86. The number of ether oxygens (including phenoxy) is 1. The van der Waals surface area contributed by atoms with E-state index >= 15 is 0 Å². The van der Waals surface area contributed by atoms with Crippen molar-refractivity contribution in [1.82, 2.24) is 0 Å². The molecule has 12 heavy (non-hydrogen) atoms. The topological polar surface area (TPSA) is 35.2 Å². The van der Waals surface area contributed by atoms with Crippen molar-refractivity contribution >= 4 is 0 Å². The fourth-order valence-corrected chi connectivity index (χ4v) is 0.972. The summed E-state index contributed by atoms with van der Waals surface area (Å²) in [5.74, 6) is 0.656. The molecule has 2 N–H and O–H groups in total. The zero-order valence-electron chi connectivity index (χ0n) is 6.96. The second-order valence-corrected chi connectivity index (χ2v) is 2.48. The summed E-state index contributed by atoms with van der Waals surface area (Å²) < 4.78 is 17.9. The number of nitrogens with two attached hydrogens (primary N) is 1. The number of halogens is 1. The zero-order chi connectivity index (χ0) is 8.97. The quantitative estimate of drug-likeness (QED) is 0.746. The average Bonchev–Trinajstić information content (AvgIpc) is 2.17. The molecule has 3 heteroatoms. The molecule has 1 atom stereocenters. The van der Waals surface area contributed by atoms with Gasteiger partial charge in [-0.3, -0.25) is 0 Å². The molecule has 0 aliphatic heterocycles. The van der Waals surface area contributed by atoms with Crippen molar-refractivity contribution in [1.29, 1.82) is 0 Å². The number of hydrogen-bond donors (Lipinski definition) is 1. The van der Waals surface area contributed by atoms with E-state index in [1.165, 1.54) is 0 Å². The van der Waals surface area contributed by atoms with Crippen LogP contribution in [0.3, 0.4) is 0 Å². The Labute approximate surface area is 71.1 Å². The van der Waals surface area contributed by atoms with E-state index < -0.39 is 6.17 Å². The first kappa shape index (κ1) is 9.00. The van der Waals surface area contributed by atoms with Crippen LogP contribution in [0.25, 0.3) is 0 Å². The molecule has 0 amide bonds. The molecule has 0 aromatic heterocycles. The summed E-state index contributed by atoms with van der Waals surface area (Å²) in [6, 6.07) is 6.86. The number of benzene rings is 1. The Kier molecular flexibility index (Phi) is 3.05. The fourth-order valence-electron chi connectivity index (χ4n) is 0.972. The maximum Gasteiger partial charge on any atom is 0.137 e. The monoisotopic (exact) mass is 169 g/mol. The van der Waals surface area contributed by atoms with Crippen LogP contribution >= 0.6 is 0 Å². The third kappa shape index (κ3) is 1.95. The van der Waals surface area contributed by atoms with Gasteiger partial charge in [-0.2, -0.15) is 0 Å². The van der Waals surface area contributed by atoms with Crippen LogP contribution in [-0.2, 0) is 0 Å². The summed E-state index contributed by atoms with van der Waals surface area (Å²) in [4.78, 5) is 0. The SMILES string of the molecule is COc1cccc([C@H](F)CN)c1. The van der Waals surface area contributed by atoms with Crippen molar-refractivity contribution < 1.29 is 9.13 Å². The van der Waals surface area contributed by atoms with Gasteiger partial charge in [0.2, 0.25) is 0 Å². The highest BCUT2D eigenvalue weighted by atomic mass is 19.1. The van der Waals surface area contributed by atoms with Gasteiger partial charge in [-0.25, -0.2) is 4.39 Å². The predicted octanol–water partition coefficient (Wildman–Crippen LogP) is 1.66. The molecule has 0 bridgehead atoms. The number of hydrogen-bond acceptors (Lipinski definition) is 2. The standard InChI is InChI=1S/C9H12FNO/c1-12-8-4-2-3-7(5-8)9(10)6-11/h2-5,9H,6,11H2,1H3/t9-/m1/s1. The molecule has 0 fully saturated rings. The molecular weight excluding hydrogens is 157 g/mol. The highest BCUT2D eigenvalue weighted by Crippen LogP contribution is 2.20. The predicted molar refractivity (Wildman–Crippen MR) is 45.9 cm³/mol. The molecule has 0 spiro atoms. The molecule has 0 aliphatic carbocycles. The minimum absolute atomic E-state index is 0.00711. The lowest BCUT2D eigenvalue weighted by Crippen LogP contribution is -2.07. The van der Waals surface area contributed by atoms with Crippen LogP contribution in [0.15, 0.2) is 24.3 Å². The minimum atomic E-state index is -1.10. The summed E-state index contributed by atoms with van der Waals surface area (Å²) >= 11 is 0. The summed E-state index contributed by atoms with van der Waals surface area (Å²) in [7, 11) is 1.55. The van der Waals surface area contributed by atoms with E-state index in [0.29, 0.717) is 11.3 Å². The Morgan fingerprint density at radius 2 is 2.33 bits per heavy atom. The smallest absolute Gasteiger partial charge is 0.137 e. The van der Waals surface area contributed by atoms with Gasteiger partial charge in [-0.1, -0.05) is 12.1 Å².